The van der Waals surface area contributed by atoms with Gasteiger partial charge < -0.3 is 5.11 Å². The maximum absolute atomic E-state index is 10.7. The molecule has 5 heteroatoms. The maximum atomic E-state index is 10.7. The molecule has 3 rings (SSSR count). The van der Waals surface area contributed by atoms with E-state index >= 15 is 0 Å². The first-order valence-electron chi connectivity index (χ1n) is 7.66. The molecule has 2 aromatic rings. The molecule has 1 N–H and O–H groups in total. The Bertz CT molecular complexity index is 670. The van der Waals surface area contributed by atoms with Crippen LogP contribution in [0.4, 0.5) is 0 Å². The molecule has 1 aliphatic rings. The lowest BCUT2D eigenvalue weighted by Gasteiger charge is -2.23. The highest BCUT2D eigenvalue weighted by Gasteiger charge is 2.20. The van der Waals surface area contributed by atoms with Crippen molar-refractivity contribution >= 4 is 12.0 Å². The van der Waals surface area contributed by atoms with Gasteiger partial charge in [-0.25, -0.2) is 4.79 Å². The van der Waals surface area contributed by atoms with Gasteiger partial charge in [-0.15, -0.1) is 0 Å². The summed E-state index contributed by atoms with van der Waals surface area (Å²) in [6, 6.07) is 8.08. The Balaban J connectivity index is 1.99. The van der Waals surface area contributed by atoms with Crippen LogP contribution in [0.1, 0.15) is 43.8 Å². The Labute approximate surface area is 129 Å². The van der Waals surface area contributed by atoms with Gasteiger partial charge in [-0.1, -0.05) is 25.3 Å². The third-order valence-electron chi connectivity index (χ3n) is 4.00. The van der Waals surface area contributed by atoms with Crippen molar-refractivity contribution in [2.45, 2.75) is 38.1 Å². The second-order valence-electron chi connectivity index (χ2n) is 5.58. The fourth-order valence-electron chi connectivity index (χ4n) is 2.96. The van der Waals surface area contributed by atoms with Crippen molar-refractivity contribution in [3.05, 3.63) is 42.2 Å². The van der Waals surface area contributed by atoms with E-state index in [-0.39, 0.29) is 0 Å². The second-order valence-corrected chi connectivity index (χ2v) is 5.58. The fourth-order valence-corrected chi connectivity index (χ4v) is 2.96. The Morgan fingerprint density at radius 1 is 1.27 bits per heavy atom. The van der Waals surface area contributed by atoms with Gasteiger partial charge in [-0.2, -0.15) is 5.10 Å². The van der Waals surface area contributed by atoms with Crippen molar-refractivity contribution < 1.29 is 9.90 Å². The standard InChI is InChI=1S/C17H19N3O2/c21-17(22)10-9-13-12-16(15-8-4-5-11-18-15)20(19-13)14-6-2-1-3-7-14/h4-5,8-12,14H,1-3,6-7H2,(H,21,22)/b10-9+. The minimum atomic E-state index is -0.966. The molecule has 0 radical (unpaired) electrons. The first kappa shape index (κ1) is 14.5. The molecule has 0 saturated heterocycles. The van der Waals surface area contributed by atoms with Crippen LogP contribution in [0.15, 0.2) is 36.5 Å². The third-order valence-corrected chi connectivity index (χ3v) is 4.00. The van der Waals surface area contributed by atoms with Crippen molar-refractivity contribution in [1.82, 2.24) is 14.8 Å². The number of pyridine rings is 1. The van der Waals surface area contributed by atoms with E-state index in [4.69, 9.17) is 5.11 Å². The zero-order chi connectivity index (χ0) is 15.4. The van der Waals surface area contributed by atoms with E-state index in [2.05, 4.69) is 10.1 Å². The number of nitrogens with zero attached hydrogens (tertiary/aromatic N) is 3. The molecule has 22 heavy (non-hydrogen) atoms. The Morgan fingerprint density at radius 2 is 2.09 bits per heavy atom. The number of carboxylic acids is 1. The highest BCUT2D eigenvalue weighted by atomic mass is 16.4. The lowest BCUT2D eigenvalue weighted by Crippen LogP contribution is -2.15. The van der Waals surface area contributed by atoms with E-state index < -0.39 is 5.97 Å². The zero-order valence-electron chi connectivity index (χ0n) is 12.4. The van der Waals surface area contributed by atoms with E-state index in [0.717, 1.165) is 30.3 Å². The van der Waals surface area contributed by atoms with Crippen LogP contribution >= 0.6 is 0 Å². The van der Waals surface area contributed by atoms with Gasteiger partial charge in [0, 0.05) is 12.3 Å². The Kier molecular flexibility index (Phi) is 4.32. The molecule has 114 valence electrons. The predicted molar refractivity (Wildman–Crippen MR) is 84.2 cm³/mol. The summed E-state index contributed by atoms with van der Waals surface area (Å²) in [6.07, 6.45) is 10.4. The molecule has 1 saturated carbocycles. The van der Waals surface area contributed by atoms with Gasteiger partial charge in [-0.3, -0.25) is 9.67 Å². The highest BCUT2D eigenvalue weighted by Crippen LogP contribution is 2.32. The number of hydrogen-bond acceptors (Lipinski definition) is 3. The van der Waals surface area contributed by atoms with E-state index in [1.54, 1.807) is 6.20 Å². The fraction of sp³-hybridized carbons (Fsp3) is 0.353. The summed E-state index contributed by atoms with van der Waals surface area (Å²) in [5, 5.41) is 13.4. The van der Waals surface area contributed by atoms with Gasteiger partial charge >= 0.3 is 5.97 Å². The predicted octanol–water partition coefficient (Wildman–Crippen LogP) is 3.55. The lowest BCUT2D eigenvalue weighted by atomic mass is 9.95. The maximum Gasteiger partial charge on any atom is 0.328 e. The molecule has 0 spiro atoms. The van der Waals surface area contributed by atoms with Gasteiger partial charge in [0.25, 0.3) is 0 Å². The number of carbonyl (C=O) groups is 1. The largest absolute Gasteiger partial charge is 0.478 e. The molecule has 0 unspecified atom stereocenters. The molecular weight excluding hydrogens is 278 g/mol. The van der Waals surface area contributed by atoms with Gasteiger partial charge in [0.1, 0.15) is 0 Å². The van der Waals surface area contributed by atoms with E-state index in [1.165, 1.54) is 25.3 Å². The number of carboxylic acid groups (broad SMARTS) is 1. The molecule has 2 aromatic heterocycles. The minimum absolute atomic E-state index is 0.373. The molecule has 0 atom stereocenters. The van der Waals surface area contributed by atoms with Crippen LogP contribution in [0.25, 0.3) is 17.5 Å². The summed E-state index contributed by atoms with van der Waals surface area (Å²) in [5.41, 5.74) is 2.49. The molecule has 0 aliphatic heterocycles. The molecule has 1 fully saturated rings. The first-order chi connectivity index (χ1) is 10.7. The topological polar surface area (TPSA) is 68.0 Å². The monoisotopic (exact) mass is 297 g/mol. The summed E-state index contributed by atoms with van der Waals surface area (Å²) in [6.45, 7) is 0. The van der Waals surface area contributed by atoms with Crippen LogP contribution < -0.4 is 0 Å². The normalized spacial score (nSPS) is 16.2. The summed E-state index contributed by atoms with van der Waals surface area (Å²) in [5.74, 6) is -0.966. The summed E-state index contributed by atoms with van der Waals surface area (Å²) in [4.78, 5) is 15.1. The zero-order valence-corrected chi connectivity index (χ0v) is 12.4. The number of hydrogen-bond donors (Lipinski definition) is 1. The van der Waals surface area contributed by atoms with Crippen LogP contribution in [-0.2, 0) is 4.79 Å². The third kappa shape index (κ3) is 3.24. The second kappa shape index (κ2) is 6.56. The number of aromatic nitrogens is 3. The minimum Gasteiger partial charge on any atom is -0.478 e. The van der Waals surface area contributed by atoms with Crippen LogP contribution in [0.2, 0.25) is 0 Å². The van der Waals surface area contributed by atoms with E-state index in [9.17, 15) is 4.79 Å². The van der Waals surface area contributed by atoms with Crippen molar-refractivity contribution in [1.29, 1.82) is 0 Å². The molecular formula is C17H19N3O2. The van der Waals surface area contributed by atoms with Crippen LogP contribution in [0.3, 0.4) is 0 Å². The molecule has 1 aliphatic carbocycles. The molecule has 0 amide bonds. The first-order valence-corrected chi connectivity index (χ1v) is 7.66. The molecule has 2 heterocycles. The van der Waals surface area contributed by atoms with E-state index in [1.807, 2.05) is 28.9 Å². The van der Waals surface area contributed by atoms with E-state index in [0.29, 0.717) is 11.7 Å². The lowest BCUT2D eigenvalue weighted by molar-refractivity contribution is -0.131. The molecule has 0 bridgehead atoms. The highest BCUT2D eigenvalue weighted by molar-refractivity contribution is 5.85. The number of rotatable bonds is 4. The van der Waals surface area contributed by atoms with Gasteiger partial charge in [0.05, 0.1) is 23.1 Å². The Morgan fingerprint density at radius 3 is 2.77 bits per heavy atom. The van der Waals surface area contributed by atoms with Gasteiger partial charge in [0.15, 0.2) is 0 Å². The van der Waals surface area contributed by atoms with Crippen molar-refractivity contribution in [2.24, 2.45) is 0 Å². The van der Waals surface area contributed by atoms with Crippen molar-refractivity contribution in [3.63, 3.8) is 0 Å². The smallest absolute Gasteiger partial charge is 0.328 e. The SMILES string of the molecule is O=C(O)/C=C/c1cc(-c2ccccn2)n(C2CCCCC2)n1. The van der Waals surface area contributed by atoms with Crippen LogP contribution in [-0.4, -0.2) is 25.8 Å². The molecule has 5 nitrogen and oxygen atoms in total. The Hall–Kier alpha value is -2.43. The van der Waals surface area contributed by atoms with Gasteiger partial charge in [0.2, 0.25) is 0 Å². The van der Waals surface area contributed by atoms with Crippen molar-refractivity contribution in [2.75, 3.05) is 0 Å². The van der Waals surface area contributed by atoms with Crippen LogP contribution in [0, 0.1) is 0 Å². The van der Waals surface area contributed by atoms with Gasteiger partial charge in [-0.05, 0) is 37.1 Å². The average Bonchev–Trinajstić information content (AvgIpc) is 2.99. The van der Waals surface area contributed by atoms with Crippen LogP contribution in [0.5, 0.6) is 0 Å². The quantitative estimate of drug-likeness (QED) is 0.876. The van der Waals surface area contributed by atoms with Crippen molar-refractivity contribution in [3.8, 4) is 11.4 Å². The number of aliphatic carboxylic acids is 1. The summed E-state index contributed by atoms with van der Waals surface area (Å²) < 4.78 is 2.03. The molecule has 0 aromatic carbocycles. The summed E-state index contributed by atoms with van der Waals surface area (Å²) in [7, 11) is 0. The average molecular weight is 297 g/mol. The summed E-state index contributed by atoms with van der Waals surface area (Å²) >= 11 is 0.